The number of rotatable bonds is 8. The molecular weight excluding hydrogens is 308 g/mol. The van der Waals surface area contributed by atoms with E-state index in [-0.39, 0.29) is 17.7 Å². The highest BCUT2D eigenvalue weighted by Crippen LogP contribution is 2.16. The number of benzene rings is 1. The molecule has 6 nitrogen and oxygen atoms in total. The van der Waals surface area contributed by atoms with Crippen LogP contribution >= 0.6 is 0 Å². The van der Waals surface area contributed by atoms with Gasteiger partial charge < -0.3 is 15.0 Å². The molecule has 0 bridgehead atoms. The molecule has 0 atom stereocenters. The van der Waals surface area contributed by atoms with E-state index in [1.165, 1.54) is 14.0 Å². The van der Waals surface area contributed by atoms with Gasteiger partial charge in [-0.2, -0.15) is 0 Å². The van der Waals surface area contributed by atoms with Crippen LogP contribution in [0.25, 0.3) is 0 Å². The van der Waals surface area contributed by atoms with E-state index in [0.717, 1.165) is 12.8 Å². The zero-order valence-corrected chi connectivity index (χ0v) is 14.8. The molecule has 1 aromatic rings. The number of methoxy groups -OCH3 is 1. The lowest BCUT2D eigenvalue weighted by molar-refractivity contribution is -0.125. The molecule has 0 aliphatic carbocycles. The van der Waals surface area contributed by atoms with Gasteiger partial charge in [0.05, 0.1) is 12.7 Å². The second kappa shape index (κ2) is 9.70. The molecule has 2 amide bonds. The van der Waals surface area contributed by atoms with Crippen LogP contribution in [-0.4, -0.2) is 38.0 Å². The van der Waals surface area contributed by atoms with Crippen LogP contribution in [0, 0.1) is 5.92 Å². The third-order valence-electron chi connectivity index (χ3n) is 3.97. The quantitative estimate of drug-likeness (QED) is 0.741. The predicted molar refractivity (Wildman–Crippen MR) is 92.9 cm³/mol. The highest BCUT2D eigenvalue weighted by Gasteiger charge is 2.16. The van der Waals surface area contributed by atoms with Crippen LogP contribution in [0.2, 0.25) is 0 Å². The number of carbonyl (C=O) groups excluding carboxylic acids is 3. The zero-order chi connectivity index (χ0) is 18.1. The minimum Gasteiger partial charge on any atom is -0.465 e. The molecule has 6 heteroatoms. The Hall–Kier alpha value is -2.37. The first-order chi connectivity index (χ1) is 11.4. The van der Waals surface area contributed by atoms with Crippen molar-refractivity contribution in [1.29, 1.82) is 0 Å². The van der Waals surface area contributed by atoms with Gasteiger partial charge in [0.15, 0.2) is 0 Å². The van der Waals surface area contributed by atoms with Gasteiger partial charge >= 0.3 is 5.97 Å². The van der Waals surface area contributed by atoms with Crippen LogP contribution in [0.3, 0.4) is 0 Å². The summed E-state index contributed by atoms with van der Waals surface area (Å²) < 4.78 is 4.65. The molecule has 1 aromatic carbocycles. The van der Waals surface area contributed by atoms with Gasteiger partial charge in [-0.05, 0) is 37.1 Å². The molecule has 0 fully saturated rings. The van der Waals surface area contributed by atoms with E-state index < -0.39 is 5.97 Å². The fourth-order valence-electron chi connectivity index (χ4n) is 2.46. The molecule has 0 unspecified atom stereocenters. The van der Waals surface area contributed by atoms with Crippen LogP contribution in [0.1, 0.15) is 44.0 Å². The fraction of sp³-hybridized carbons (Fsp3) is 0.500. The second-order valence-electron chi connectivity index (χ2n) is 5.51. The van der Waals surface area contributed by atoms with Crippen LogP contribution in [0.5, 0.6) is 0 Å². The first-order valence-corrected chi connectivity index (χ1v) is 8.18. The second-order valence-corrected chi connectivity index (χ2v) is 5.51. The van der Waals surface area contributed by atoms with Crippen LogP contribution in [0.15, 0.2) is 24.3 Å². The summed E-state index contributed by atoms with van der Waals surface area (Å²) in [5, 5.41) is 2.87. The highest BCUT2D eigenvalue weighted by molar-refractivity contribution is 5.93. The van der Waals surface area contributed by atoms with Crippen molar-refractivity contribution in [2.24, 2.45) is 5.92 Å². The Morgan fingerprint density at radius 2 is 1.71 bits per heavy atom. The Morgan fingerprint density at radius 1 is 1.12 bits per heavy atom. The largest absolute Gasteiger partial charge is 0.465 e. The number of hydrogen-bond donors (Lipinski definition) is 1. The molecule has 1 N–H and O–H groups in total. The molecular formula is C18H26N2O4. The summed E-state index contributed by atoms with van der Waals surface area (Å²) in [6.45, 7) is 6.19. The van der Waals surface area contributed by atoms with Crippen molar-refractivity contribution >= 4 is 23.5 Å². The van der Waals surface area contributed by atoms with Gasteiger partial charge in [0.25, 0.3) is 0 Å². The Morgan fingerprint density at radius 3 is 2.17 bits per heavy atom. The maximum atomic E-state index is 12.0. The average Bonchev–Trinajstić information content (AvgIpc) is 2.59. The molecule has 0 heterocycles. The lowest BCUT2D eigenvalue weighted by atomic mass is 10.0. The normalized spacial score (nSPS) is 10.4. The van der Waals surface area contributed by atoms with Crippen LogP contribution in [0.4, 0.5) is 5.69 Å². The van der Waals surface area contributed by atoms with Gasteiger partial charge in [0, 0.05) is 31.6 Å². The standard InChI is InChI=1S/C18H26N2O4/c1-5-14(6-2)17(22)19-11-12-20(13(3)21)16-9-7-15(8-10-16)18(23)24-4/h7-10,14H,5-6,11-12H2,1-4H3,(H,19,22). The predicted octanol–water partition coefficient (Wildman–Crippen LogP) is 2.38. The Balaban J connectivity index is 2.69. The molecule has 0 saturated heterocycles. The molecule has 0 radical (unpaired) electrons. The smallest absolute Gasteiger partial charge is 0.337 e. The first kappa shape index (κ1) is 19.7. The molecule has 132 valence electrons. The van der Waals surface area contributed by atoms with Crippen molar-refractivity contribution in [2.75, 3.05) is 25.1 Å². The monoisotopic (exact) mass is 334 g/mol. The van der Waals surface area contributed by atoms with Crippen LogP contribution < -0.4 is 10.2 Å². The van der Waals surface area contributed by atoms with Crippen molar-refractivity contribution in [1.82, 2.24) is 5.32 Å². The number of ether oxygens (including phenoxy) is 1. The summed E-state index contributed by atoms with van der Waals surface area (Å²) in [7, 11) is 1.32. The molecule has 0 saturated carbocycles. The Labute approximate surface area is 143 Å². The van der Waals surface area contributed by atoms with E-state index in [2.05, 4.69) is 10.1 Å². The van der Waals surface area contributed by atoms with Crippen molar-refractivity contribution in [3.8, 4) is 0 Å². The van der Waals surface area contributed by atoms with Gasteiger partial charge in [-0.3, -0.25) is 9.59 Å². The summed E-state index contributed by atoms with van der Waals surface area (Å²) in [5.74, 6) is -0.523. The summed E-state index contributed by atoms with van der Waals surface area (Å²) in [5.41, 5.74) is 1.10. The lowest BCUT2D eigenvalue weighted by Crippen LogP contribution is -2.39. The van der Waals surface area contributed by atoms with Gasteiger partial charge in [-0.1, -0.05) is 13.8 Å². The third-order valence-corrected chi connectivity index (χ3v) is 3.97. The number of anilines is 1. The number of hydrogen-bond acceptors (Lipinski definition) is 4. The number of nitrogens with one attached hydrogen (secondary N) is 1. The topological polar surface area (TPSA) is 75.7 Å². The number of amides is 2. The van der Waals surface area contributed by atoms with Gasteiger partial charge in [-0.15, -0.1) is 0 Å². The molecule has 24 heavy (non-hydrogen) atoms. The molecule has 1 rings (SSSR count). The van der Waals surface area contributed by atoms with Gasteiger partial charge in [-0.25, -0.2) is 4.79 Å². The average molecular weight is 334 g/mol. The summed E-state index contributed by atoms with van der Waals surface area (Å²) in [4.78, 5) is 36.9. The minimum absolute atomic E-state index is 0.00937. The summed E-state index contributed by atoms with van der Waals surface area (Å²) in [6.07, 6.45) is 1.60. The summed E-state index contributed by atoms with van der Waals surface area (Å²) >= 11 is 0. The maximum Gasteiger partial charge on any atom is 0.337 e. The number of esters is 1. The number of nitrogens with zero attached hydrogens (tertiary/aromatic N) is 1. The minimum atomic E-state index is -0.423. The summed E-state index contributed by atoms with van der Waals surface area (Å²) in [6, 6.07) is 6.60. The maximum absolute atomic E-state index is 12.0. The van der Waals surface area contributed by atoms with Crippen LogP contribution in [-0.2, 0) is 14.3 Å². The van der Waals surface area contributed by atoms with Crippen molar-refractivity contribution in [3.05, 3.63) is 29.8 Å². The van der Waals surface area contributed by atoms with Crippen molar-refractivity contribution < 1.29 is 19.1 Å². The molecule has 0 aliphatic rings. The van der Waals surface area contributed by atoms with Gasteiger partial charge in [0.1, 0.15) is 0 Å². The molecule has 0 aliphatic heterocycles. The van der Waals surface area contributed by atoms with E-state index in [9.17, 15) is 14.4 Å². The molecule has 0 aromatic heterocycles. The number of carbonyl (C=O) groups is 3. The Kier molecular flexibility index (Phi) is 7.95. The fourth-order valence-corrected chi connectivity index (χ4v) is 2.46. The van der Waals surface area contributed by atoms with Gasteiger partial charge in [0.2, 0.25) is 11.8 Å². The van der Waals surface area contributed by atoms with E-state index >= 15 is 0 Å². The van der Waals surface area contributed by atoms with E-state index in [0.29, 0.717) is 24.3 Å². The van der Waals surface area contributed by atoms with Crippen molar-refractivity contribution in [2.45, 2.75) is 33.6 Å². The lowest BCUT2D eigenvalue weighted by Gasteiger charge is -2.22. The van der Waals surface area contributed by atoms with Crippen molar-refractivity contribution in [3.63, 3.8) is 0 Å². The highest BCUT2D eigenvalue weighted by atomic mass is 16.5. The van der Waals surface area contributed by atoms with E-state index in [1.54, 1.807) is 29.2 Å². The van der Waals surface area contributed by atoms with E-state index in [1.807, 2.05) is 13.8 Å². The SMILES string of the molecule is CCC(CC)C(=O)NCCN(C(C)=O)c1ccc(C(=O)OC)cc1. The first-order valence-electron chi connectivity index (χ1n) is 8.18. The molecule has 0 spiro atoms. The van der Waals surface area contributed by atoms with E-state index in [4.69, 9.17) is 0 Å². The third kappa shape index (κ3) is 5.37. The Bertz CT molecular complexity index is 565. The zero-order valence-electron chi connectivity index (χ0n) is 14.8.